The van der Waals surface area contributed by atoms with Gasteiger partial charge >= 0.3 is 5.97 Å². The second-order valence-corrected chi connectivity index (χ2v) is 5.88. The molecule has 0 aromatic rings. The highest BCUT2D eigenvalue weighted by molar-refractivity contribution is 5.84. The van der Waals surface area contributed by atoms with Crippen LogP contribution in [0.15, 0.2) is 10.2 Å². The van der Waals surface area contributed by atoms with Crippen LogP contribution in [0.5, 0.6) is 0 Å². The summed E-state index contributed by atoms with van der Waals surface area (Å²) < 4.78 is 0. The van der Waals surface area contributed by atoms with Crippen LogP contribution in [0.3, 0.4) is 0 Å². The Balaban J connectivity index is 1.78. The number of hydrogen-bond acceptors (Lipinski definition) is 4. The third kappa shape index (κ3) is 3.35. The molecule has 1 saturated carbocycles. The number of rotatable bonds is 8. The Labute approximate surface area is 118 Å². The van der Waals surface area contributed by atoms with Crippen LogP contribution in [0.4, 0.5) is 0 Å². The van der Waals surface area contributed by atoms with E-state index in [0.717, 1.165) is 12.8 Å². The fourth-order valence-corrected chi connectivity index (χ4v) is 2.23. The summed E-state index contributed by atoms with van der Waals surface area (Å²) in [5, 5.41) is 19.7. The zero-order valence-corrected chi connectivity index (χ0v) is 11.6. The molecule has 0 saturated heterocycles. The summed E-state index contributed by atoms with van der Waals surface area (Å²) in [4.78, 5) is 23.1. The summed E-state index contributed by atoms with van der Waals surface area (Å²) in [5.41, 5.74) is -0.789. The third-order valence-electron chi connectivity index (χ3n) is 4.09. The van der Waals surface area contributed by atoms with Crippen molar-refractivity contribution in [3.63, 3.8) is 0 Å². The number of hydrogen-bond donors (Lipinski definition) is 2. The van der Waals surface area contributed by atoms with E-state index in [1.165, 1.54) is 0 Å². The predicted octanol–water partition coefficient (Wildman–Crippen LogP) is 1.71. The summed E-state index contributed by atoms with van der Waals surface area (Å²) >= 11 is 0. The molecule has 1 aliphatic carbocycles. The first kappa shape index (κ1) is 14.5. The number of amides is 1. The van der Waals surface area contributed by atoms with Crippen molar-refractivity contribution in [2.24, 2.45) is 15.6 Å². The second kappa shape index (κ2) is 5.23. The van der Waals surface area contributed by atoms with Crippen molar-refractivity contribution >= 4 is 11.9 Å². The Morgan fingerprint density at radius 3 is 2.50 bits per heavy atom. The number of nitrogens with one attached hydrogen (secondary N) is 1. The lowest BCUT2D eigenvalue weighted by Crippen LogP contribution is -2.46. The van der Waals surface area contributed by atoms with Crippen molar-refractivity contribution in [2.45, 2.75) is 57.2 Å². The van der Waals surface area contributed by atoms with Crippen molar-refractivity contribution in [1.82, 2.24) is 5.32 Å². The van der Waals surface area contributed by atoms with Gasteiger partial charge in [-0.2, -0.15) is 10.2 Å². The summed E-state index contributed by atoms with van der Waals surface area (Å²) in [6.07, 6.45) is 8.80. The zero-order chi connectivity index (χ0) is 14.8. The molecule has 0 aromatic carbocycles. The van der Waals surface area contributed by atoms with Gasteiger partial charge in [0.1, 0.15) is 6.04 Å². The highest BCUT2D eigenvalue weighted by Crippen LogP contribution is 2.48. The maximum absolute atomic E-state index is 11.9. The third-order valence-corrected chi connectivity index (χ3v) is 4.09. The van der Waals surface area contributed by atoms with Gasteiger partial charge in [-0.1, -0.05) is 6.92 Å². The Kier molecular flexibility index (Phi) is 3.80. The van der Waals surface area contributed by atoms with Crippen LogP contribution in [0, 0.1) is 17.8 Å². The highest BCUT2D eigenvalue weighted by Gasteiger charge is 2.49. The van der Waals surface area contributed by atoms with Crippen molar-refractivity contribution < 1.29 is 14.7 Å². The van der Waals surface area contributed by atoms with Gasteiger partial charge in [0.15, 0.2) is 5.66 Å². The summed E-state index contributed by atoms with van der Waals surface area (Å²) in [6.45, 7) is 1.88. The lowest BCUT2D eigenvalue weighted by atomic mass is 9.98. The Morgan fingerprint density at radius 2 is 2.05 bits per heavy atom. The van der Waals surface area contributed by atoms with E-state index in [9.17, 15) is 14.7 Å². The number of carboxylic acid groups (broad SMARTS) is 1. The smallest absolute Gasteiger partial charge is 0.326 e. The Bertz CT molecular complexity index is 482. The lowest BCUT2D eigenvalue weighted by molar-refractivity contribution is -0.143. The van der Waals surface area contributed by atoms with Crippen LogP contribution in [-0.4, -0.2) is 28.7 Å². The molecule has 2 N–H and O–H groups in total. The van der Waals surface area contributed by atoms with E-state index >= 15 is 0 Å². The number of carboxylic acids is 1. The molecule has 0 aromatic heterocycles. The minimum absolute atomic E-state index is 0.220. The van der Waals surface area contributed by atoms with E-state index in [-0.39, 0.29) is 17.7 Å². The van der Waals surface area contributed by atoms with Crippen molar-refractivity contribution in [2.75, 3.05) is 0 Å². The SMILES string of the molecule is C#CCCC1(CCC(=O)NC(C(=O)O)C2(C)CC2)N=N1. The summed E-state index contributed by atoms with van der Waals surface area (Å²) in [5.74, 6) is 1.30. The van der Waals surface area contributed by atoms with Gasteiger partial charge in [-0.3, -0.25) is 4.79 Å². The molecule has 108 valence electrons. The van der Waals surface area contributed by atoms with Crippen molar-refractivity contribution in [3.8, 4) is 12.3 Å². The van der Waals surface area contributed by atoms with E-state index < -0.39 is 17.7 Å². The average molecular weight is 277 g/mol. The van der Waals surface area contributed by atoms with Crippen LogP contribution >= 0.6 is 0 Å². The molecule has 6 heteroatoms. The van der Waals surface area contributed by atoms with E-state index in [2.05, 4.69) is 21.5 Å². The first-order valence-corrected chi connectivity index (χ1v) is 6.81. The van der Waals surface area contributed by atoms with Gasteiger partial charge in [0.05, 0.1) is 0 Å². The number of carbonyl (C=O) groups excluding carboxylic acids is 1. The predicted molar refractivity (Wildman–Crippen MR) is 71.8 cm³/mol. The van der Waals surface area contributed by atoms with Crippen LogP contribution in [0.1, 0.15) is 45.4 Å². The summed E-state index contributed by atoms with van der Waals surface area (Å²) in [6, 6.07) is -0.801. The highest BCUT2D eigenvalue weighted by atomic mass is 16.4. The van der Waals surface area contributed by atoms with Gasteiger partial charge in [-0.05, 0) is 18.3 Å². The number of carbonyl (C=O) groups is 2. The maximum Gasteiger partial charge on any atom is 0.326 e. The average Bonchev–Trinajstić information content (AvgIpc) is 3.30. The molecule has 2 aliphatic rings. The van der Waals surface area contributed by atoms with Crippen LogP contribution in [-0.2, 0) is 9.59 Å². The summed E-state index contributed by atoms with van der Waals surface area (Å²) in [7, 11) is 0. The van der Waals surface area contributed by atoms with E-state index in [0.29, 0.717) is 19.3 Å². The molecule has 0 bridgehead atoms. The minimum Gasteiger partial charge on any atom is -0.480 e. The quantitative estimate of drug-likeness (QED) is 0.662. The topological polar surface area (TPSA) is 91.1 Å². The van der Waals surface area contributed by atoms with Crippen LogP contribution in [0.25, 0.3) is 0 Å². The fraction of sp³-hybridized carbons (Fsp3) is 0.714. The number of terminal acetylenes is 1. The van der Waals surface area contributed by atoms with Gasteiger partial charge in [-0.15, -0.1) is 12.3 Å². The molecule has 1 aliphatic heterocycles. The van der Waals surface area contributed by atoms with E-state index in [4.69, 9.17) is 6.42 Å². The molecule has 2 rings (SSSR count). The second-order valence-electron chi connectivity index (χ2n) is 5.88. The molecule has 1 heterocycles. The molecule has 0 spiro atoms. The lowest BCUT2D eigenvalue weighted by Gasteiger charge is -2.20. The first-order chi connectivity index (χ1) is 9.41. The molecule has 1 atom stereocenters. The van der Waals surface area contributed by atoms with Gasteiger partial charge in [0.25, 0.3) is 0 Å². The molecule has 1 amide bonds. The van der Waals surface area contributed by atoms with Gasteiger partial charge in [-0.25, -0.2) is 4.79 Å². The molecular formula is C14H19N3O3. The van der Waals surface area contributed by atoms with E-state index in [1.54, 1.807) is 0 Å². The fourth-order valence-electron chi connectivity index (χ4n) is 2.23. The van der Waals surface area contributed by atoms with E-state index in [1.807, 2.05) is 6.92 Å². The number of nitrogens with zero attached hydrogens (tertiary/aromatic N) is 2. The van der Waals surface area contributed by atoms with Crippen molar-refractivity contribution in [1.29, 1.82) is 0 Å². The van der Waals surface area contributed by atoms with Crippen molar-refractivity contribution in [3.05, 3.63) is 0 Å². The normalized spacial score (nSPS) is 21.6. The maximum atomic E-state index is 11.9. The monoisotopic (exact) mass is 277 g/mol. The largest absolute Gasteiger partial charge is 0.480 e. The number of aliphatic carboxylic acids is 1. The molecule has 20 heavy (non-hydrogen) atoms. The van der Waals surface area contributed by atoms with Gasteiger partial charge in [0, 0.05) is 25.7 Å². The molecule has 6 nitrogen and oxygen atoms in total. The molecule has 1 unspecified atom stereocenters. The first-order valence-electron chi connectivity index (χ1n) is 6.81. The van der Waals surface area contributed by atoms with Crippen LogP contribution in [0.2, 0.25) is 0 Å². The molecular weight excluding hydrogens is 258 g/mol. The molecule has 1 fully saturated rings. The van der Waals surface area contributed by atoms with Gasteiger partial charge in [0.2, 0.25) is 5.91 Å². The Hall–Kier alpha value is -1.90. The Morgan fingerprint density at radius 1 is 1.40 bits per heavy atom. The van der Waals surface area contributed by atoms with Crippen LogP contribution < -0.4 is 5.32 Å². The minimum atomic E-state index is -0.971. The molecule has 0 radical (unpaired) electrons. The standard InChI is InChI=1S/C14H19N3O3/c1-3-4-6-14(16-17-14)7-5-10(18)15-11(12(19)20)13(2)8-9-13/h1,11H,4-9H2,2H3,(H,15,18)(H,19,20). The zero-order valence-electron chi connectivity index (χ0n) is 11.6. The van der Waals surface area contributed by atoms with Gasteiger partial charge < -0.3 is 10.4 Å².